The van der Waals surface area contributed by atoms with Crippen molar-refractivity contribution < 1.29 is 33.7 Å². The summed E-state index contributed by atoms with van der Waals surface area (Å²) in [5.41, 5.74) is 1.41. The lowest BCUT2D eigenvalue weighted by molar-refractivity contribution is -0.0769. The topological polar surface area (TPSA) is 138 Å². The predicted octanol–water partition coefficient (Wildman–Crippen LogP) is 1.92. The van der Waals surface area contributed by atoms with Crippen LogP contribution in [-0.2, 0) is 18.9 Å². The van der Waals surface area contributed by atoms with Crippen molar-refractivity contribution in [2.75, 3.05) is 12.1 Å². The minimum absolute atomic E-state index is 0.0522. The van der Waals surface area contributed by atoms with E-state index in [2.05, 4.69) is 4.98 Å². The first-order valence-electron chi connectivity index (χ1n) is 9.20. The molecule has 2 fully saturated rings. The highest BCUT2D eigenvalue weighted by Gasteiger charge is 2.55. The molecule has 0 radical (unpaired) electrons. The summed E-state index contributed by atoms with van der Waals surface area (Å²) in [5, 5.41) is 11.8. The molecule has 2 saturated heterocycles. The Morgan fingerprint density at radius 2 is 2.06 bits per heavy atom. The number of thiophene rings is 1. The molecule has 12 heteroatoms. The molecule has 0 spiro atoms. The maximum atomic E-state index is 12.5. The maximum Gasteiger partial charge on any atom is 0.509 e. The van der Waals surface area contributed by atoms with E-state index in [0.29, 0.717) is 5.56 Å². The van der Waals surface area contributed by atoms with E-state index in [1.807, 2.05) is 17.5 Å². The molecule has 4 heterocycles. The summed E-state index contributed by atoms with van der Waals surface area (Å²) in [7, 11) is 0. The number of fused-ring (bicyclic) bond motifs is 2. The number of nitrogens with one attached hydrogen (secondary N) is 1. The van der Waals surface area contributed by atoms with E-state index in [1.54, 1.807) is 17.6 Å². The molecule has 0 saturated carbocycles. The molecule has 160 valence electrons. The molecular formula is C19H15N3O8S. The largest absolute Gasteiger partial charge is 0.509 e. The minimum atomic E-state index is -1.03. The zero-order valence-electron chi connectivity index (χ0n) is 15.7. The fourth-order valence-electron chi connectivity index (χ4n) is 3.58. The van der Waals surface area contributed by atoms with E-state index in [1.165, 1.54) is 23.6 Å². The van der Waals surface area contributed by atoms with Crippen LogP contribution in [0.1, 0.15) is 16.6 Å². The number of aromatic nitrogens is 2. The highest BCUT2D eigenvalue weighted by Crippen LogP contribution is 2.37. The van der Waals surface area contributed by atoms with Crippen molar-refractivity contribution in [3.8, 4) is 0 Å². The Balaban J connectivity index is 1.33. The molecule has 0 aliphatic carbocycles. The third-order valence-corrected chi connectivity index (χ3v) is 5.92. The monoisotopic (exact) mass is 445 g/mol. The lowest BCUT2D eigenvalue weighted by Gasteiger charge is -2.18. The highest BCUT2D eigenvalue weighted by atomic mass is 32.1. The lowest BCUT2D eigenvalue weighted by atomic mass is 10.1. The minimum Gasteiger partial charge on any atom is -0.459 e. The predicted molar refractivity (Wildman–Crippen MR) is 105 cm³/mol. The fourth-order valence-corrected chi connectivity index (χ4v) is 4.40. The van der Waals surface area contributed by atoms with Crippen LogP contribution in [0.5, 0.6) is 0 Å². The van der Waals surface area contributed by atoms with Crippen molar-refractivity contribution in [2.24, 2.45) is 0 Å². The number of hydrogen-bond donors (Lipinski definition) is 2. The second-order valence-corrected chi connectivity index (χ2v) is 7.81. The lowest BCUT2D eigenvalue weighted by Crippen LogP contribution is -2.34. The SMILES string of the molecule is O=C1O[C@@H]2[C@H](O1)[C@@H](COC(=O)c1ccc3ccsc3c1)O[C@H]2n1ccc(NO)nc1=O. The number of anilines is 1. The van der Waals surface area contributed by atoms with Crippen molar-refractivity contribution in [2.45, 2.75) is 24.5 Å². The summed E-state index contributed by atoms with van der Waals surface area (Å²) in [6, 6.07) is 8.53. The Bertz CT molecular complexity index is 1220. The van der Waals surface area contributed by atoms with Crippen LogP contribution in [0.25, 0.3) is 10.1 Å². The summed E-state index contributed by atoms with van der Waals surface area (Å²) in [5.74, 6) is -0.606. The quantitative estimate of drug-likeness (QED) is 0.442. The molecule has 0 amide bonds. The van der Waals surface area contributed by atoms with Gasteiger partial charge in [0, 0.05) is 10.9 Å². The molecule has 1 aromatic carbocycles. The third kappa shape index (κ3) is 3.50. The summed E-state index contributed by atoms with van der Waals surface area (Å²) >= 11 is 1.51. The summed E-state index contributed by atoms with van der Waals surface area (Å²) in [4.78, 5) is 40.0. The van der Waals surface area contributed by atoms with Gasteiger partial charge in [-0.3, -0.25) is 15.3 Å². The molecule has 2 aliphatic heterocycles. The zero-order chi connectivity index (χ0) is 21.5. The molecule has 5 rings (SSSR count). The Labute approximate surface area is 177 Å². The van der Waals surface area contributed by atoms with Gasteiger partial charge < -0.3 is 18.9 Å². The van der Waals surface area contributed by atoms with Gasteiger partial charge >= 0.3 is 17.8 Å². The molecule has 0 bridgehead atoms. The summed E-state index contributed by atoms with van der Waals surface area (Å²) in [6.45, 7) is -0.214. The number of esters is 1. The second kappa shape index (κ2) is 7.65. The maximum absolute atomic E-state index is 12.5. The van der Waals surface area contributed by atoms with Crippen molar-refractivity contribution in [3.05, 3.63) is 58.0 Å². The van der Waals surface area contributed by atoms with Crippen molar-refractivity contribution in [1.29, 1.82) is 0 Å². The van der Waals surface area contributed by atoms with E-state index >= 15 is 0 Å². The van der Waals surface area contributed by atoms with Gasteiger partial charge in [-0.15, -0.1) is 11.3 Å². The molecule has 3 aromatic rings. The molecule has 2 N–H and O–H groups in total. The Morgan fingerprint density at radius 1 is 1.23 bits per heavy atom. The van der Waals surface area contributed by atoms with Crippen LogP contribution in [0.2, 0.25) is 0 Å². The second-order valence-electron chi connectivity index (χ2n) is 6.87. The van der Waals surface area contributed by atoms with Gasteiger partial charge in [0.25, 0.3) is 0 Å². The van der Waals surface area contributed by atoms with E-state index in [-0.39, 0.29) is 12.4 Å². The van der Waals surface area contributed by atoms with Crippen LogP contribution >= 0.6 is 11.3 Å². The smallest absolute Gasteiger partial charge is 0.459 e. The van der Waals surface area contributed by atoms with Crippen LogP contribution in [0, 0.1) is 0 Å². The number of ether oxygens (including phenoxy) is 4. The number of benzene rings is 1. The van der Waals surface area contributed by atoms with Gasteiger partial charge in [-0.25, -0.2) is 14.4 Å². The average molecular weight is 445 g/mol. The van der Waals surface area contributed by atoms with E-state index in [4.69, 9.17) is 24.2 Å². The summed E-state index contributed by atoms with van der Waals surface area (Å²) in [6.07, 6.45) is -3.25. The number of rotatable bonds is 5. The first-order valence-corrected chi connectivity index (χ1v) is 10.1. The van der Waals surface area contributed by atoms with E-state index in [9.17, 15) is 14.4 Å². The van der Waals surface area contributed by atoms with Crippen molar-refractivity contribution in [1.82, 2.24) is 9.55 Å². The van der Waals surface area contributed by atoms with Crippen LogP contribution in [0.4, 0.5) is 10.6 Å². The van der Waals surface area contributed by atoms with Gasteiger partial charge in [0.2, 0.25) is 0 Å². The van der Waals surface area contributed by atoms with E-state index < -0.39 is 42.4 Å². The number of carbonyl (C=O) groups is 2. The number of carbonyl (C=O) groups excluding carboxylic acids is 2. The van der Waals surface area contributed by atoms with Crippen LogP contribution in [0.15, 0.2) is 46.7 Å². The van der Waals surface area contributed by atoms with Crippen molar-refractivity contribution in [3.63, 3.8) is 0 Å². The Morgan fingerprint density at radius 3 is 2.87 bits per heavy atom. The molecule has 0 unspecified atom stereocenters. The molecule has 4 atom stereocenters. The van der Waals surface area contributed by atoms with Gasteiger partial charge in [0.1, 0.15) is 12.7 Å². The molecular weight excluding hydrogens is 430 g/mol. The fraction of sp³-hybridized carbons (Fsp3) is 0.263. The summed E-state index contributed by atoms with van der Waals surface area (Å²) < 4.78 is 23.6. The van der Waals surface area contributed by atoms with Gasteiger partial charge in [-0.2, -0.15) is 4.98 Å². The van der Waals surface area contributed by atoms with Gasteiger partial charge in [0.15, 0.2) is 24.3 Å². The van der Waals surface area contributed by atoms with Gasteiger partial charge in [-0.05, 0) is 35.0 Å². The normalized spacial score (nSPS) is 24.5. The van der Waals surface area contributed by atoms with Gasteiger partial charge in [0.05, 0.1) is 5.56 Å². The molecule has 11 nitrogen and oxygen atoms in total. The Kier molecular flexibility index (Phi) is 4.81. The Hall–Kier alpha value is -3.48. The van der Waals surface area contributed by atoms with Crippen LogP contribution in [0.3, 0.4) is 0 Å². The molecule has 2 aliphatic rings. The number of hydrogen-bond acceptors (Lipinski definition) is 11. The first kappa shape index (κ1) is 19.5. The third-order valence-electron chi connectivity index (χ3n) is 5.04. The van der Waals surface area contributed by atoms with Gasteiger partial charge in [-0.1, -0.05) is 6.07 Å². The van der Waals surface area contributed by atoms with Crippen LogP contribution in [-0.4, -0.2) is 51.8 Å². The first-order chi connectivity index (χ1) is 15.0. The van der Waals surface area contributed by atoms with E-state index in [0.717, 1.165) is 14.7 Å². The zero-order valence-corrected chi connectivity index (χ0v) is 16.5. The highest BCUT2D eigenvalue weighted by molar-refractivity contribution is 7.17. The molecule has 31 heavy (non-hydrogen) atoms. The van der Waals surface area contributed by atoms with Crippen LogP contribution < -0.4 is 11.2 Å². The van der Waals surface area contributed by atoms with Crippen molar-refractivity contribution >= 4 is 39.4 Å². The average Bonchev–Trinajstić information content (AvgIpc) is 3.46. The standard InChI is InChI=1S/C19H15N3O8S/c23-17(10-2-1-9-4-6-31-12(9)7-10)27-8-11-14-15(30-19(25)29-14)16(28-11)22-5-3-13(21-26)20-18(22)24/h1-7,11,14-16,26H,8H2,(H,20,21,24)/t11-,14-,15-,16-/m1/s1. The number of nitrogens with zero attached hydrogens (tertiary/aromatic N) is 2. The molecule has 2 aromatic heterocycles.